The van der Waals surface area contributed by atoms with Gasteiger partial charge in [-0.2, -0.15) is 0 Å². The Morgan fingerprint density at radius 1 is 1.25 bits per heavy atom. The van der Waals surface area contributed by atoms with Crippen LogP contribution in [-0.2, 0) is 4.79 Å². The second-order valence-corrected chi connectivity index (χ2v) is 5.87. The number of nitrogens with two attached hydrogens (primary N) is 1. The van der Waals surface area contributed by atoms with Crippen molar-refractivity contribution < 1.29 is 14.6 Å². The van der Waals surface area contributed by atoms with Gasteiger partial charge in [0.2, 0.25) is 0 Å². The molecule has 0 unspecified atom stereocenters. The third kappa shape index (κ3) is 4.81. The molecule has 0 aliphatic carbocycles. The number of rotatable bonds is 8. The standard InChI is InChI=1S/C19H24N2O3/c1-13-10-15(21-11-14(2)19(23)17(20)12-22)8-9-18(13)24-16-6-4-3-5-7-16/h3-10,14,17,21-22H,11-12,20H2,1-2H3/t14-,17+/m1/s1. The summed E-state index contributed by atoms with van der Waals surface area (Å²) in [6.45, 7) is 3.91. The van der Waals surface area contributed by atoms with Crippen LogP contribution in [0.5, 0.6) is 11.5 Å². The molecule has 0 heterocycles. The minimum atomic E-state index is -0.815. The molecule has 5 nitrogen and oxygen atoms in total. The molecule has 0 radical (unpaired) electrons. The predicted molar refractivity (Wildman–Crippen MR) is 95.4 cm³/mol. The van der Waals surface area contributed by atoms with E-state index in [1.165, 1.54) is 0 Å². The maximum Gasteiger partial charge on any atom is 0.156 e. The first-order valence-corrected chi connectivity index (χ1v) is 7.99. The number of nitrogens with one attached hydrogen (secondary N) is 1. The molecule has 0 spiro atoms. The highest BCUT2D eigenvalue weighted by atomic mass is 16.5. The molecule has 4 N–H and O–H groups in total. The summed E-state index contributed by atoms with van der Waals surface area (Å²) in [6.07, 6.45) is 0. The number of para-hydroxylation sites is 1. The van der Waals surface area contributed by atoms with Gasteiger partial charge in [-0.3, -0.25) is 4.79 Å². The molecule has 2 atom stereocenters. The lowest BCUT2D eigenvalue weighted by molar-refractivity contribution is -0.124. The van der Waals surface area contributed by atoms with Crippen molar-refractivity contribution in [3.05, 3.63) is 54.1 Å². The van der Waals surface area contributed by atoms with Gasteiger partial charge in [0.1, 0.15) is 11.5 Å². The van der Waals surface area contributed by atoms with E-state index in [9.17, 15) is 4.79 Å². The normalized spacial score (nSPS) is 13.2. The zero-order valence-corrected chi connectivity index (χ0v) is 14.0. The lowest BCUT2D eigenvalue weighted by Gasteiger charge is -2.16. The summed E-state index contributed by atoms with van der Waals surface area (Å²) < 4.78 is 5.85. The van der Waals surface area contributed by atoms with Crippen molar-refractivity contribution in [3.8, 4) is 11.5 Å². The maximum atomic E-state index is 11.9. The van der Waals surface area contributed by atoms with Crippen LogP contribution in [0, 0.1) is 12.8 Å². The Kier molecular flexibility index (Phi) is 6.35. The zero-order valence-electron chi connectivity index (χ0n) is 14.0. The smallest absolute Gasteiger partial charge is 0.156 e. The van der Waals surface area contributed by atoms with Crippen LogP contribution in [0.2, 0.25) is 0 Å². The first-order valence-electron chi connectivity index (χ1n) is 7.99. The van der Waals surface area contributed by atoms with E-state index in [0.717, 1.165) is 22.7 Å². The monoisotopic (exact) mass is 328 g/mol. The van der Waals surface area contributed by atoms with Gasteiger partial charge in [0.15, 0.2) is 5.78 Å². The Morgan fingerprint density at radius 3 is 2.58 bits per heavy atom. The van der Waals surface area contributed by atoms with Crippen LogP contribution in [0.25, 0.3) is 0 Å². The second-order valence-electron chi connectivity index (χ2n) is 5.87. The molecule has 2 aromatic carbocycles. The van der Waals surface area contributed by atoms with Crippen molar-refractivity contribution in [2.45, 2.75) is 19.9 Å². The van der Waals surface area contributed by atoms with Crippen molar-refractivity contribution in [3.63, 3.8) is 0 Å². The highest BCUT2D eigenvalue weighted by Gasteiger charge is 2.19. The number of benzene rings is 2. The van der Waals surface area contributed by atoms with E-state index >= 15 is 0 Å². The molecule has 128 valence electrons. The van der Waals surface area contributed by atoms with E-state index in [2.05, 4.69) is 5.32 Å². The SMILES string of the molecule is Cc1cc(NC[C@@H](C)C(=O)[C@@H](N)CO)ccc1Oc1ccccc1. The Bertz CT molecular complexity index is 674. The largest absolute Gasteiger partial charge is 0.457 e. The van der Waals surface area contributed by atoms with Gasteiger partial charge in [0.05, 0.1) is 12.6 Å². The molecule has 0 aliphatic heterocycles. The number of carbonyl (C=O) groups is 1. The van der Waals surface area contributed by atoms with Gasteiger partial charge in [0, 0.05) is 18.2 Å². The molecule has 0 aliphatic rings. The Labute approximate surface area is 142 Å². The molecular formula is C19H24N2O3. The van der Waals surface area contributed by atoms with Crippen LogP contribution in [0.3, 0.4) is 0 Å². The van der Waals surface area contributed by atoms with Crippen LogP contribution in [0.4, 0.5) is 5.69 Å². The van der Waals surface area contributed by atoms with E-state index < -0.39 is 6.04 Å². The fourth-order valence-electron chi connectivity index (χ4n) is 2.32. The number of hydrogen-bond donors (Lipinski definition) is 3. The fraction of sp³-hybridized carbons (Fsp3) is 0.316. The summed E-state index contributed by atoms with van der Waals surface area (Å²) in [5.74, 6) is 1.16. The maximum absolute atomic E-state index is 11.9. The minimum Gasteiger partial charge on any atom is -0.457 e. The average molecular weight is 328 g/mol. The Morgan fingerprint density at radius 2 is 1.96 bits per heavy atom. The molecule has 5 heteroatoms. The third-order valence-corrected chi connectivity index (χ3v) is 3.81. The van der Waals surface area contributed by atoms with E-state index in [4.69, 9.17) is 15.6 Å². The molecule has 0 fully saturated rings. The molecule has 24 heavy (non-hydrogen) atoms. The first kappa shape index (κ1) is 18.0. The van der Waals surface area contributed by atoms with Crippen LogP contribution in [0.1, 0.15) is 12.5 Å². The Hall–Kier alpha value is -2.37. The molecule has 0 bridgehead atoms. The number of anilines is 1. The van der Waals surface area contributed by atoms with Gasteiger partial charge >= 0.3 is 0 Å². The van der Waals surface area contributed by atoms with Crippen molar-refractivity contribution in [1.29, 1.82) is 0 Å². The molecule has 2 rings (SSSR count). The third-order valence-electron chi connectivity index (χ3n) is 3.81. The molecule has 0 saturated carbocycles. The number of aliphatic hydroxyl groups is 1. The molecule has 2 aromatic rings. The van der Waals surface area contributed by atoms with Gasteiger partial charge in [-0.05, 0) is 42.8 Å². The van der Waals surface area contributed by atoms with E-state index in [0.29, 0.717) is 6.54 Å². The fourth-order valence-corrected chi connectivity index (χ4v) is 2.32. The van der Waals surface area contributed by atoms with E-state index in [-0.39, 0.29) is 18.3 Å². The molecule has 0 amide bonds. The van der Waals surface area contributed by atoms with Crippen LogP contribution in [0.15, 0.2) is 48.5 Å². The van der Waals surface area contributed by atoms with Crippen LogP contribution < -0.4 is 15.8 Å². The number of carbonyl (C=O) groups excluding carboxylic acids is 1. The lowest BCUT2D eigenvalue weighted by Crippen LogP contribution is -2.39. The topological polar surface area (TPSA) is 84.6 Å². The number of hydrogen-bond acceptors (Lipinski definition) is 5. The summed E-state index contributed by atoms with van der Waals surface area (Å²) in [6, 6.07) is 14.6. The number of Topliss-reactive ketones (excluding diaryl/α,β-unsaturated/α-hetero) is 1. The summed E-state index contributed by atoms with van der Waals surface area (Å²) in [4.78, 5) is 11.9. The minimum absolute atomic E-state index is 0.147. The van der Waals surface area contributed by atoms with Crippen LogP contribution in [-0.4, -0.2) is 30.1 Å². The lowest BCUT2D eigenvalue weighted by atomic mass is 10.0. The highest BCUT2D eigenvalue weighted by molar-refractivity contribution is 5.86. The number of ether oxygens (including phenoxy) is 1. The van der Waals surface area contributed by atoms with Gasteiger partial charge in [-0.1, -0.05) is 25.1 Å². The van der Waals surface area contributed by atoms with E-state index in [1.54, 1.807) is 6.92 Å². The number of aliphatic hydroxyl groups excluding tert-OH is 1. The predicted octanol–water partition coefficient (Wildman–Crippen LogP) is 2.72. The first-order chi connectivity index (χ1) is 11.5. The Balaban J connectivity index is 1.96. The molecule has 0 aromatic heterocycles. The number of aryl methyl sites for hydroxylation is 1. The van der Waals surface area contributed by atoms with Gasteiger partial charge in [-0.25, -0.2) is 0 Å². The summed E-state index contributed by atoms with van der Waals surface area (Å²) in [5.41, 5.74) is 7.46. The zero-order chi connectivity index (χ0) is 17.5. The summed E-state index contributed by atoms with van der Waals surface area (Å²) >= 11 is 0. The van der Waals surface area contributed by atoms with Gasteiger partial charge in [-0.15, -0.1) is 0 Å². The van der Waals surface area contributed by atoms with Crippen LogP contribution >= 0.6 is 0 Å². The molecule has 0 saturated heterocycles. The van der Waals surface area contributed by atoms with Crippen molar-refractivity contribution >= 4 is 11.5 Å². The highest BCUT2D eigenvalue weighted by Crippen LogP contribution is 2.27. The van der Waals surface area contributed by atoms with Gasteiger partial charge < -0.3 is 20.9 Å². The summed E-state index contributed by atoms with van der Waals surface area (Å²) in [7, 11) is 0. The van der Waals surface area contributed by atoms with Crippen molar-refractivity contribution in [1.82, 2.24) is 0 Å². The van der Waals surface area contributed by atoms with E-state index in [1.807, 2.05) is 55.5 Å². The number of ketones is 1. The molecular weight excluding hydrogens is 304 g/mol. The van der Waals surface area contributed by atoms with Gasteiger partial charge in [0.25, 0.3) is 0 Å². The average Bonchev–Trinajstić information content (AvgIpc) is 2.61. The quantitative estimate of drug-likeness (QED) is 0.694. The summed E-state index contributed by atoms with van der Waals surface area (Å²) in [5, 5.41) is 12.2. The second kappa shape index (κ2) is 8.47. The van der Waals surface area contributed by atoms with Crippen molar-refractivity contribution in [2.24, 2.45) is 11.7 Å². The van der Waals surface area contributed by atoms with Crippen molar-refractivity contribution in [2.75, 3.05) is 18.5 Å².